The summed E-state index contributed by atoms with van der Waals surface area (Å²) in [6.07, 6.45) is 0.838. The van der Waals surface area contributed by atoms with E-state index in [1.807, 2.05) is 18.2 Å². The fraction of sp³-hybridized carbons (Fsp3) is 0.300. The molecule has 0 aliphatic carbocycles. The first-order chi connectivity index (χ1) is 18.0. The van der Waals surface area contributed by atoms with Crippen LogP contribution in [0.2, 0.25) is 0 Å². The highest BCUT2D eigenvalue weighted by Gasteiger charge is 2.23. The summed E-state index contributed by atoms with van der Waals surface area (Å²) in [6.45, 7) is 8.98. The van der Waals surface area contributed by atoms with Gasteiger partial charge in [-0.2, -0.15) is 0 Å². The molecule has 0 unspecified atom stereocenters. The van der Waals surface area contributed by atoms with Gasteiger partial charge in [-0.25, -0.2) is 4.98 Å². The molecular formula is C30H31N3O3S. The van der Waals surface area contributed by atoms with Gasteiger partial charge in [-0.1, -0.05) is 59.9 Å². The molecule has 1 aromatic heterocycles. The quantitative estimate of drug-likeness (QED) is 0.291. The molecule has 0 N–H and O–H groups in total. The smallest absolute Gasteiger partial charge is 0.260 e. The Morgan fingerprint density at radius 2 is 1.62 bits per heavy atom. The van der Waals surface area contributed by atoms with E-state index in [1.54, 1.807) is 52.6 Å². The third-order valence-corrected chi connectivity index (χ3v) is 7.90. The summed E-state index contributed by atoms with van der Waals surface area (Å²) in [6, 6.07) is 20.4. The Bertz CT molecular complexity index is 1390. The molecule has 190 valence electrons. The number of carbonyl (C=O) groups is 2. The maximum absolute atomic E-state index is 13.8. The van der Waals surface area contributed by atoms with Gasteiger partial charge in [0.2, 0.25) is 0 Å². The lowest BCUT2D eigenvalue weighted by molar-refractivity contribution is 0.0376. The number of carbonyl (C=O) groups excluding carboxylic acids is 2. The molecule has 1 amide bonds. The molecule has 0 saturated carbocycles. The molecule has 1 aliphatic heterocycles. The Kier molecular flexibility index (Phi) is 7.74. The van der Waals surface area contributed by atoms with E-state index in [1.165, 1.54) is 5.56 Å². The number of aromatic nitrogens is 1. The first kappa shape index (κ1) is 25.3. The van der Waals surface area contributed by atoms with Crippen LogP contribution >= 0.6 is 11.3 Å². The zero-order valence-corrected chi connectivity index (χ0v) is 22.1. The predicted octanol–water partition coefficient (Wildman–Crippen LogP) is 5.51. The van der Waals surface area contributed by atoms with Crippen molar-refractivity contribution in [3.63, 3.8) is 0 Å². The average Bonchev–Trinajstić information content (AvgIpc) is 3.35. The summed E-state index contributed by atoms with van der Waals surface area (Å²) in [4.78, 5) is 35.6. The van der Waals surface area contributed by atoms with Gasteiger partial charge in [0.1, 0.15) is 0 Å². The van der Waals surface area contributed by atoms with Gasteiger partial charge in [0.15, 0.2) is 10.9 Å². The number of benzene rings is 3. The van der Waals surface area contributed by atoms with Crippen molar-refractivity contribution in [1.82, 2.24) is 9.88 Å². The van der Waals surface area contributed by atoms with Crippen LogP contribution in [0.5, 0.6) is 0 Å². The molecule has 0 atom stereocenters. The zero-order chi connectivity index (χ0) is 25.8. The molecule has 5 rings (SSSR count). The lowest BCUT2D eigenvalue weighted by Crippen LogP contribution is -2.39. The predicted molar refractivity (Wildman–Crippen MR) is 149 cm³/mol. The Labute approximate surface area is 221 Å². The highest BCUT2D eigenvalue weighted by molar-refractivity contribution is 7.22. The third kappa shape index (κ3) is 5.80. The number of anilines is 1. The number of ketones is 1. The average molecular weight is 514 g/mol. The molecule has 7 heteroatoms. The van der Waals surface area contributed by atoms with Crippen molar-refractivity contribution in [2.24, 2.45) is 0 Å². The molecule has 4 aromatic rings. The molecule has 1 fully saturated rings. The Hall–Kier alpha value is -3.39. The van der Waals surface area contributed by atoms with Crippen molar-refractivity contribution >= 4 is 38.4 Å². The van der Waals surface area contributed by atoms with Crippen LogP contribution in [0.1, 0.15) is 43.8 Å². The Morgan fingerprint density at radius 1 is 0.946 bits per heavy atom. The Morgan fingerprint density at radius 3 is 2.35 bits per heavy atom. The number of fused-ring (bicyclic) bond motifs is 1. The van der Waals surface area contributed by atoms with E-state index in [9.17, 15) is 9.59 Å². The lowest BCUT2D eigenvalue weighted by Gasteiger charge is -2.27. The van der Waals surface area contributed by atoms with Crippen molar-refractivity contribution in [1.29, 1.82) is 0 Å². The number of hydrogen-bond acceptors (Lipinski definition) is 6. The van der Waals surface area contributed by atoms with Gasteiger partial charge in [0.05, 0.1) is 23.4 Å². The number of aryl methyl sites for hydroxylation is 2. The summed E-state index contributed by atoms with van der Waals surface area (Å²) in [7, 11) is 0. The van der Waals surface area contributed by atoms with Crippen LogP contribution < -0.4 is 4.90 Å². The van der Waals surface area contributed by atoms with Crippen LogP contribution in [-0.4, -0.2) is 61.0 Å². The van der Waals surface area contributed by atoms with Crippen molar-refractivity contribution in [3.8, 4) is 0 Å². The van der Waals surface area contributed by atoms with Crippen LogP contribution in [0, 0.1) is 13.8 Å². The summed E-state index contributed by atoms with van der Waals surface area (Å²) >= 11 is 1.56. The van der Waals surface area contributed by atoms with Gasteiger partial charge in [-0.15, -0.1) is 0 Å². The number of nitrogens with zero attached hydrogens (tertiary/aromatic N) is 3. The third-order valence-electron chi connectivity index (χ3n) is 6.67. The van der Waals surface area contributed by atoms with E-state index in [0.717, 1.165) is 55.0 Å². The molecule has 0 bridgehead atoms. The first-order valence-electron chi connectivity index (χ1n) is 12.7. The number of hydrogen-bond donors (Lipinski definition) is 0. The summed E-state index contributed by atoms with van der Waals surface area (Å²) in [5.41, 5.74) is 4.99. The number of rotatable bonds is 8. The summed E-state index contributed by atoms with van der Waals surface area (Å²) < 4.78 is 6.57. The normalized spacial score (nSPS) is 14.1. The largest absolute Gasteiger partial charge is 0.379 e. The number of thiazole rings is 1. The maximum Gasteiger partial charge on any atom is 0.260 e. The van der Waals surface area contributed by atoms with Crippen molar-refractivity contribution in [2.45, 2.75) is 20.3 Å². The van der Waals surface area contributed by atoms with Gasteiger partial charge >= 0.3 is 0 Å². The minimum Gasteiger partial charge on any atom is -0.379 e. The molecule has 0 spiro atoms. The molecular weight excluding hydrogens is 482 g/mol. The second kappa shape index (κ2) is 11.3. The van der Waals surface area contributed by atoms with Crippen molar-refractivity contribution in [2.75, 3.05) is 44.3 Å². The maximum atomic E-state index is 13.8. The minimum atomic E-state index is -0.103. The first-order valence-corrected chi connectivity index (χ1v) is 13.5. The number of ether oxygens (including phenoxy) is 1. The van der Waals surface area contributed by atoms with Crippen LogP contribution in [0.3, 0.4) is 0 Å². The number of morpholine rings is 1. The van der Waals surface area contributed by atoms with E-state index in [2.05, 4.69) is 30.9 Å². The monoisotopic (exact) mass is 513 g/mol. The lowest BCUT2D eigenvalue weighted by atomic mass is 10.0. The molecule has 1 saturated heterocycles. The minimum absolute atomic E-state index is 0.0565. The van der Waals surface area contributed by atoms with Gasteiger partial charge in [0.25, 0.3) is 5.91 Å². The molecule has 2 heterocycles. The van der Waals surface area contributed by atoms with Gasteiger partial charge in [-0.3, -0.25) is 19.4 Å². The van der Waals surface area contributed by atoms with E-state index in [0.29, 0.717) is 28.4 Å². The fourth-order valence-corrected chi connectivity index (χ4v) is 5.76. The van der Waals surface area contributed by atoms with Gasteiger partial charge < -0.3 is 4.74 Å². The van der Waals surface area contributed by atoms with Crippen molar-refractivity contribution < 1.29 is 14.3 Å². The summed E-state index contributed by atoms with van der Waals surface area (Å²) in [5.74, 6) is -0.159. The highest BCUT2D eigenvalue weighted by Crippen LogP contribution is 2.33. The standard InChI is InChI=1S/C30H31N3O3S/c1-21-19-22(2)28-26(20-21)31-30(37-28)33(14-6-13-32-15-17-36-18-16-32)29(35)25-11-9-24(10-12-25)27(34)23-7-4-3-5-8-23/h3-5,7-12,19-20H,6,13-18H2,1-2H3. The molecule has 1 aliphatic rings. The number of amides is 1. The van der Waals surface area contributed by atoms with E-state index >= 15 is 0 Å². The van der Waals surface area contributed by atoms with E-state index in [4.69, 9.17) is 9.72 Å². The Balaban J connectivity index is 1.39. The fourth-order valence-electron chi connectivity index (χ4n) is 4.72. The SMILES string of the molecule is Cc1cc(C)c2sc(N(CCCN3CCOCC3)C(=O)c3ccc(C(=O)c4ccccc4)cc3)nc2c1. The zero-order valence-electron chi connectivity index (χ0n) is 21.3. The summed E-state index contributed by atoms with van der Waals surface area (Å²) in [5, 5.41) is 0.708. The second-order valence-corrected chi connectivity index (χ2v) is 10.4. The second-order valence-electron chi connectivity index (χ2n) is 9.46. The molecule has 6 nitrogen and oxygen atoms in total. The van der Waals surface area contributed by atoms with Crippen LogP contribution in [0.15, 0.2) is 66.7 Å². The molecule has 37 heavy (non-hydrogen) atoms. The highest BCUT2D eigenvalue weighted by atomic mass is 32.1. The molecule has 3 aromatic carbocycles. The van der Waals surface area contributed by atoms with Gasteiger partial charge in [-0.05, 0) is 49.6 Å². The van der Waals surface area contributed by atoms with Crippen LogP contribution in [0.25, 0.3) is 10.2 Å². The van der Waals surface area contributed by atoms with Gasteiger partial charge in [0, 0.05) is 42.9 Å². The van der Waals surface area contributed by atoms with E-state index in [-0.39, 0.29) is 11.7 Å². The van der Waals surface area contributed by atoms with Crippen molar-refractivity contribution in [3.05, 3.63) is 94.5 Å². The van der Waals surface area contributed by atoms with Crippen LogP contribution in [-0.2, 0) is 4.74 Å². The van der Waals surface area contributed by atoms with E-state index < -0.39 is 0 Å². The molecule has 0 radical (unpaired) electrons. The topological polar surface area (TPSA) is 62.7 Å². The van der Waals surface area contributed by atoms with Crippen LogP contribution in [0.4, 0.5) is 5.13 Å².